The molecule has 0 saturated carbocycles. The summed E-state index contributed by atoms with van der Waals surface area (Å²) in [5.74, 6) is -0.118. The Labute approximate surface area is 124 Å². The standard InChI is InChI=1S/C14H16FNO6/c15-6-1-2-7-8(3-6)16-4-9(7)21-14-13(20)12(19)11(18)10(5-17)22-14/h1-4,10-14,16-20H,5H2/t10-,11-,12+,13-,14+/m1/s1. The molecule has 0 unspecified atom stereocenters. The second kappa shape index (κ2) is 5.82. The maximum Gasteiger partial charge on any atom is 0.229 e. The first-order chi connectivity index (χ1) is 10.5. The molecule has 2 heterocycles. The van der Waals surface area contributed by atoms with Crippen molar-refractivity contribution in [3.63, 3.8) is 0 Å². The third kappa shape index (κ3) is 2.55. The van der Waals surface area contributed by atoms with Crippen LogP contribution in [-0.4, -0.2) is 62.7 Å². The van der Waals surface area contributed by atoms with Gasteiger partial charge in [0.05, 0.1) is 12.1 Å². The molecule has 1 aromatic heterocycles. The SMILES string of the molecule is OC[C@H]1O[C@H](Oc2c[nH]c3cc(F)ccc23)[C@H](O)[C@@H](O)[C@@H]1O. The first-order valence-corrected chi connectivity index (χ1v) is 6.75. The van der Waals surface area contributed by atoms with E-state index in [1.165, 1.54) is 24.4 Å². The summed E-state index contributed by atoms with van der Waals surface area (Å²) in [6.45, 7) is -0.538. The molecular weight excluding hydrogens is 297 g/mol. The van der Waals surface area contributed by atoms with Gasteiger partial charge >= 0.3 is 0 Å². The Morgan fingerprint density at radius 3 is 2.68 bits per heavy atom. The molecule has 5 N–H and O–H groups in total. The summed E-state index contributed by atoms with van der Waals surface area (Å²) < 4.78 is 23.9. The lowest BCUT2D eigenvalue weighted by Gasteiger charge is -2.39. The monoisotopic (exact) mass is 313 g/mol. The van der Waals surface area contributed by atoms with Crippen LogP contribution in [0.1, 0.15) is 0 Å². The summed E-state index contributed by atoms with van der Waals surface area (Å²) >= 11 is 0. The van der Waals surface area contributed by atoms with Crippen molar-refractivity contribution in [2.24, 2.45) is 0 Å². The minimum Gasteiger partial charge on any atom is -0.460 e. The highest BCUT2D eigenvalue weighted by Crippen LogP contribution is 2.30. The Morgan fingerprint density at radius 1 is 1.18 bits per heavy atom. The van der Waals surface area contributed by atoms with E-state index in [2.05, 4.69) is 4.98 Å². The van der Waals surface area contributed by atoms with Crippen LogP contribution in [-0.2, 0) is 4.74 Å². The van der Waals surface area contributed by atoms with Gasteiger partial charge in [0.1, 0.15) is 36.0 Å². The first kappa shape index (κ1) is 15.2. The van der Waals surface area contributed by atoms with Crippen molar-refractivity contribution in [3.8, 4) is 5.75 Å². The van der Waals surface area contributed by atoms with Gasteiger partial charge in [0.25, 0.3) is 0 Å². The smallest absolute Gasteiger partial charge is 0.229 e. The predicted molar refractivity (Wildman–Crippen MR) is 72.7 cm³/mol. The third-order valence-electron chi connectivity index (χ3n) is 3.70. The number of halogens is 1. The molecule has 1 aliphatic rings. The number of aliphatic hydroxyl groups is 4. The van der Waals surface area contributed by atoms with Crippen LogP contribution in [0.15, 0.2) is 24.4 Å². The molecule has 8 heteroatoms. The Bertz CT molecular complexity index is 660. The van der Waals surface area contributed by atoms with Crippen LogP contribution in [0.4, 0.5) is 4.39 Å². The summed E-state index contributed by atoms with van der Waals surface area (Å²) in [5.41, 5.74) is 0.500. The molecule has 1 aliphatic heterocycles. The van der Waals surface area contributed by atoms with Gasteiger partial charge in [-0.15, -0.1) is 0 Å². The Balaban J connectivity index is 1.84. The lowest BCUT2D eigenvalue weighted by molar-refractivity contribution is -0.277. The van der Waals surface area contributed by atoms with Crippen molar-refractivity contribution in [2.75, 3.05) is 6.61 Å². The van der Waals surface area contributed by atoms with Gasteiger partial charge in [-0.1, -0.05) is 0 Å². The topological polar surface area (TPSA) is 115 Å². The van der Waals surface area contributed by atoms with Crippen molar-refractivity contribution in [2.45, 2.75) is 30.7 Å². The van der Waals surface area contributed by atoms with E-state index in [9.17, 15) is 19.7 Å². The molecule has 0 spiro atoms. The summed E-state index contributed by atoms with van der Waals surface area (Å²) in [6, 6.07) is 4.05. The summed E-state index contributed by atoms with van der Waals surface area (Å²) in [6.07, 6.45) is -5.32. The molecule has 1 fully saturated rings. The normalized spacial score (nSPS) is 32.3. The number of hydrogen-bond donors (Lipinski definition) is 5. The van der Waals surface area contributed by atoms with Crippen molar-refractivity contribution in [3.05, 3.63) is 30.2 Å². The molecule has 120 valence electrons. The molecule has 0 radical (unpaired) electrons. The molecule has 0 aliphatic carbocycles. The van der Waals surface area contributed by atoms with E-state index >= 15 is 0 Å². The van der Waals surface area contributed by atoms with Crippen molar-refractivity contribution < 1.29 is 34.3 Å². The number of fused-ring (bicyclic) bond motifs is 1. The van der Waals surface area contributed by atoms with Gasteiger partial charge in [-0.05, 0) is 18.2 Å². The molecular formula is C14H16FNO6. The van der Waals surface area contributed by atoms with E-state index in [4.69, 9.17) is 14.6 Å². The van der Waals surface area contributed by atoms with Crippen LogP contribution in [0.5, 0.6) is 5.75 Å². The van der Waals surface area contributed by atoms with Gasteiger partial charge in [0.15, 0.2) is 0 Å². The van der Waals surface area contributed by atoms with Gasteiger partial charge in [-0.2, -0.15) is 0 Å². The van der Waals surface area contributed by atoms with Crippen LogP contribution in [0.3, 0.4) is 0 Å². The number of benzene rings is 1. The van der Waals surface area contributed by atoms with Gasteiger partial charge in [0, 0.05) is 11.6 Å². The number of aromatic nitrogens is 1. The predicted octanol–water partition coefficient (Wildman–Crippen LogP) is -0.514. The summed E-state index contributed by atoms with van der Waals surface area (Å²) in [4.78, 5) is 2.82. The highest BCUT2D eigenvalue weighted by Gasteiger charge is 2.44. The van der Waals surface area contributed by atoms with Crippen LogP contribution < -0.4 is 4.74 Å². The quantitative estimate of drug-likeness (QED) is 0.521. The number of aromatic amines is 1. The van der Waals surface area contributed by atoms with Gasteiger partial charge < -0.3 is 34.9 Å². The maximum atomic E-state index is 13.1. The number of rotatable bonds is 3. The van der Waals surface area contributed by atoms with E-state index in [1.807, 2.05) is 0 Å². The van der Waals surface area contributed by atoms with Gasteiger partial charge in [0.2, 0.25) is 6.29 Å². The molecule has 0 bridgehead atoms. The summed E-state index contributed by atoms with van der Waals surface area (Å²) in [7, 11) is 0. The molecule has 7 nitrogen and oxygen atoms in total. The van der Waals surface area contributed by atoms with E-state index in [1.54, 1.807) is 0 Å². The zero-order chi connectivity index (χ0) is 15.9. The number of hydrogen-bond acceptors (Lipinski definition) is 6. The zero-order valence-corrected chi connectivity index (χ0v) is 11.4. The largest absolute Gasteiger partial charge is 0.460 e. The van der Waals surface area contributed by atoms with Crippen LogP contribution in [0, 0.1) is 5.82 Å². The second-order valence-corrected chi connectivity index (χ2v) is 5.16. The number of aliphatic hydroxyl groups excluding tert-OH is 4. The number of nitrogens with one attached hydrogen (secondary N) is 1. The average molecular weight is 313 g/mol. The second-order valence-electron chi connectivity index (χ2n) is 5.16. The highest BCUT2D eigenvalue weighted by molar-refractivity contribution is 5.86. The van der Waals surface area contributed by atoms with Crippen molar-refractivity contribution in [1.82, 2.24) is 4.98 Å². The fraction of sp³-hybridized carbons (Fsp3) is 0.429. The highest BCUT2D eigenvalue weighted by atomic mass is 19.1. The molecule has 22 heavy (non-hydrogen) atoms. The molecule has 2 aromatic rings. The fourth-order valence-electron chi connectivity index (χ4n) is 2.46. The minimum absolute atomic E-state index is 0.291. The summed E-state index contributed by atoms with van der Waals surface area (Å²) in [5, 5.41) is 39.0. The Morgan fingerprint density at radius 2 is 1.95 bits per heavy atom. The zero-order valence-electron chi connectivity index (χ0n) is 11.4. The first-order valence-electron chi connectivity index (χ1n) is 6.75. The number of H-pyrrole nitrogens is 1. The Hall–Kier alpha value is -1.71. The molecule has 1 saturated heterocycles. The van der Waals surface area contributed by atoms with Crippen molar-refractivity contribution >= 4 is 10.9 Å². The van der Waals surface area contributed by atoms with Crippen LogP contribution >= 0.6 is 0 Å². The molecule has 1 aromatic carbocycles. The van der Waals surface area contributed by atoms with E-state index in [0.29, 0.717) is 16.7 Å². The average Bonchev–Trinajstić information content (AvgIpc) is 2.90. The third-order valence-corrected chi connectivity index (χ3v) is 3.70. The van der Waals surface area contributed by atoms with Gasteiger partial charge in [-0.3, -0.25) is 0 Å². The molecule has 0 amide bonds. The van der Waals surface area contributed by atoms with Crippen LogP contribution in [0.2, 0.25) is 0 Å². The van der Waals surface area contributed by atoms with Crippen LogP contribution in [0.25, 0.3) is 10.9 Å². The fourth-order valence-corrected chi connectivity index (χ4v) is 2.46. The number of ether oxygens (including phenoxy) is 2. The Kier molecular flexibility index (Phi) is 4.02. The lowest BCUT2D eigenvalue weighted by atomic mass is 9.99. The molecule has 3 rings (SSSR count). The minimum atomic E-state index is -1.52. The molecule has 5 atom stereocenters. The maximum absolute atomic E-state index is 13.1. The van der Waals surface area contributed by atoms with E-state index in [-0.39, 0.29) is 0 Å². The van der Waals surface area contributed by atoms with E-state index in [0.717, 1.165) is 0 Å². The lowest BCUT2D eigenvalue weighted by Crippen LogP contribution is -2.60. The van der Waals surface area contributed by atoms with E-state index < -0.39 is 43.1 Å². The van der Waals surface area contributed by atoms with Crippen molar-refractivity contribution in [1.29, 1.82) is 0 Å². The van der Waals surface area contributed by atoms with Gasteiger partial charge in [-0.25, -0.2) is 4.39 Å².